The number of rotatable bonds is 3. The van der Waals surface area contributed by atoms with Crippen molar-refractivity contribution in [3.63, 3.8) is 0 Å². The third-order valence-corrected chi connectivity index (χ3v) is 8.85. The second-order valence-electron chi connectivity index (χ2n) is 11.2. The predicted molar refractivity (Wildman–Crippen MR) is 138 cm³/mol. The van der Waals surface area contributed by atoms with Crippen LogP contribution in [0.25, 0.3) is 11.1 Å². The first-order valence-corrected chi connectivity index (χ1v) is 12.7. The van der Waals surface area contributed by atoms with Gasteiger partial charge in [-0.05, 0) is 38.1 Å². The molecular weight excluding hydrogens is 504 g/mol. The summed E-state index contributed by atoms with van der Waals surface area (Å²) in [5, 5.41) is 34.6. The molecule has 3 aliphatic carbocycles. The molecule has 0 spiro atoms. The molecule has 1 amide bonds. The van der Waals surface area contributed by atoms with E-state index in [0.717, 1.165) is 5.56 Å². The number of hydrogen-bond donors (Lipinski definition) is 4. The maximum atomic E-state index is 14.0. The van der Waals surface area contributed by atoms with E-state index in [1.165, 1.54) is 19.0 Å². The molecule has 10 heteroatoms. The van der Waals surface area contributed by atoms with Crippen LogP contribution >= 0.6 is 0 Å². The second-order valence-corrected chi connectivity index (χ2v) is 11.2. The van der Waals surface area contributed by atoms with Gasteiger partial charge in [0.1, 0.15) is 5.75 Å². The Morgan fingerprint density at radius 2 is 1.62 bits per heavy atom. The summed E-state index contributed by atoms with van der Waals surface area (Å²) in [6.45, 7) is 3.59. The van der Waals surface area contributed by atoms with Crippen molar-refractivity contribution >= 4 is 29.0 Å². The summed E-state index contributed by atoms with van der Waals surface area (Å²) < 4.78 is 0. The van der Waals surface area contributed by atoms with Crippen molar-refractivity contribution in [1.82, 2.24) is 4.90 Å². The highest BCUT2D eigenvalue weighted by atomic mass is 16.3. The SMILES string of the molecule is Cc1ccc(-c2ccc3c(c2O)C(=O)C2C(=O)[C@@]4(O)C(=O)C(C(N)=O)C(=O)[C@H](N(C)C)[C@H]4[C@H](O)[C@H]2[C@@H]3C)cc1. The van der Waals surface area contributed by atoms with Crippen LogP contribution in [0.1, 0.15) is 34.3 Å². The Balaban J connectivity index is 1.69. The van der Waals surface area contributed by atoms with Gasteiger partial charge in [0.05, 0.1) is 29.5 Å². The van der Waals surface area contributed by atoms with E-state index in [4.69, 9.17) is 5.73 Å². The molecule has 39 heavy (non-hydrogen) atoms. The number of amides is 1. The average molecular weight is 535 g/mol. The van der Waals surface area contributed by atoms with Gasteiger partial charge >= 0.3 is 0 Å². The molecule has 3 aliphatic rings. The Morgan fingerprint density at radius 3 is 2.18 bits per heavy atom. The fraction of sp³-hybridized carbons (Fsp3) is 0.414. The third-order valence-electron chi connectivity index (χ3n) is 8.85. The minimum absolute atomic E-state index is 0.126. The summed E-state index contributed by atoms with van der Waals surface area (Å²) in [5.74, 6) is -13.3. The van der Waals surface area contributed by atoms with E-state index in [2.05, 4.69) is 0 Å². The molecule has 2 aromatic rings. The quantitative estimate of drug-likeness (QED) is 0.406. The fourth-order valence-corrected chi connectivity index (χ4v) is 6.96. The molecule has 0 bridgehead atoms. The number of aliphatic hydroxyl groups excluding tert-OH is 1. The molecule has 2 fully saturated rings. The lowest BCUT2D eigenvalue weighted by atomic mass is 9.49. The number of phenolic OH excluding ortho intramolecular Hbond substituents is 1. The zero-order chi connectivity index (χ0) is 28.7. The van der Waals surface area contributed by atoms with Crippen LogP contribution in [-0.4, -0.2) is 81.1 Å². The number of aryl methyl sites for hydroxylation is 1. The minimum Gasteiger partial charge on any atom is -0.507 e. The van der Waals surface area contributed by atoms with E-state index in [1.807, 2.05) is 19.1 Å². The Labute approximate surface area is 224 Å². The lowest BCUT2D eigenvalue weighted by Gasteiger charge is -2.56. The molecule has 8 atom stereocenters. The number of Topliss-reactive ketones (excluding diaryl/α,β-unsaturated/α-hetero) is 4. The number of likely N-dealkylation sites (N-methyl/N-ethyl adjacent to an activating group) is 1. The monoisotopic (exact) mass is 534 g/mol. The van der Waals surface area contributed by atoms with Crippen LogP contribution < -0.4 is 5.73 Å². The number of fused-ring (bicyclic) bond motifs is 3. The minimum atomic E-state index is -3.01. The summed E-state index contributed by atoms with van der Waals surface area (Å²) in [7, 11) is 2.91. The van der Waals surface area contributed by atoms with Crippen LogP contribution in [0.5, 0.6) is 5.75 Å². The number of nitrogens with two attached hydrogens (primary N) is 1. The van der Waals surface area contributed by atoms with Crippen molar-refractivity contribution in [2.24, 2.45) is 29.4 Å². The fourth-order valence-electron chi connectivity index (χ4n) is 6.96. The first-order valence-electron chi connectivity index (χ1n) is 12.7. The standard InChI is InChI=1S/C29H30N2O8/c1-11-5-7-13(8-6-11)15-10-9-14-12(2)16-18(23(33)17(14)22(15)32)26(36)29(39)20(24(16)34)21(31(3)4)25(35)19(27(29)37)28(30)38/h5-10,12,16,18-21,24,32,34,39H,1-4H3,(H2,30,38)/t12-,16+,18?,19?,20+,21-,24-,29-/m1/s1. The number of hydrogen-bond acceptors (Lipinski definition) is 9. The van der Waals surface area contributed by atoms with Crippen molar-refractivity contribution in [2.75, 3.05) is 14.1 Å². The smallest absolute Gasteiger partial charge is 0.235 e. The van der Waals surface area contributed by atoms with Gasteiger partial charge in [0.15, 0.2) is 34.7 Å². The van der Waals surface area contributed by atoms with Crippen LogP contribution in [-0.2, 0) is 19.2 Å². The molecule has 0 radical (unpaired) electrons. The Bertz CT molecular complexity index is 1450. The van der Waals surface area contributed by atoms with Gasteiger partial charge in [0.25, 0.3) is 0 Å². The molecule has 2 unspecified atom stereocenters. The lowest BCUT2D eigenvalue weighted by molar-refractivity contribution is -0.196. The van der Waals surface area contributed by atoms with Crippen molar-refractivity contribution in [1.29, 1.82) is 0 Å². The summed E-state index contributed by atoms with van der Waals surface area (Å²) in [6, 6.07) is 9.17. The van der Waals surface area contributed by atoms with Crippen molar-refractivity contribution in [2.45, 2.75) is 37.5 Å². The van der Waals surface area contributed by atoms with Crippen molar-refractivity contribution in [3.8, 4) is 16.9 Å². The first kappa shape index (κ1) is 26.9. The molecule has 0 saturated heterocycles. The maximum absolute atomic E-state index is 14.0. The van der Waals surface area contributed by atoms with Gasteiger partial charge in [-0.1, -0.05) is 48.9 Å². The largest absolute Gasteiger partial charge is 0.507 e. The lowest BCUT2D eigenvalue weighted by Crippen LogP contribution is -2.77. The normalized spacial score (nSPS) is 34.0. The Hall–Kier alpha value is -3.73. The van der Waals surface area contributed by atoms with Crippen molar-refractivity contribution < 1.29 is 39.3 Å². The van der Waals surface area contributed by atoms with Gasteiger partial charge in [-0.3, -0.25) is 28.9 Å². The van der Waals surface area contributed by atoms with E-state index >= 15 is 0 Å². The van der Waals surface area contributed by atoms with Crippen molar-refractivity contribution in [3.05, 3.63) is 53.1 Å². The van der Waals surface area contributed by atoms with E-state index in [9.17, 15) is 39.3 Å². The number of benzene rings is 2. The van der Waals surface area contributed by atoms with E-state index in [1.54, 1.807) is 31.2 Å². The van der Waals surface area contributed by atoms with E-state index in [-0.39, 0.29) is 11.3 Å². The third kappa shape index (κ3) is 3.48. The topological polar surface area (TPSA) is 175 Å². The molecule has 5 rings (SSSR count). The van der Waals surface area contributed by atoms with Crippen LogP contribution in [0, 0.1) is 30.6 Å². The summed E-state index contributed by atoms with van der Waals surface area (Å²) in [4.78, 5) is 68.0. The highest BCUT2D eigenvalue weighted by Crippen LogP contribution is 2.55. The van der Waals surface area contributed by atoms with E-state index < -0.39 is 76.4 Å². The summed E-state index contributed by atoms with van der Waals surface area (Å²) in [5.41, 5.74) is 4.58. The molecule has 0 aliphatic heterocycles. The zero-order valence-corrected chi connectivity index (χ0v) is 21.9. The number of carbonyl (C=O) groups excluding carboxylic acids is 5. The van der Waals surface area contributed by atoms with Crippen LogP contribution in [0.4, 0.5) is 0 Å². The van der Waals surface area contributed by atoms with E-state index in [0.29, 0.717) is 16.7 Å². The predicted octanol–water partition coefficient (Wildman–Crippen LogP) is 0.374. The Kier molecular flexibility index (Phi) is 6.13. The van der Waals surface area contributed by atoms with Crippen LogP contribution in [0.15, 0.2) is 36.4 Å². The maximum Gasteiger partial charge on any atom is 0.235 e. The molecule has 5 N–H and O–H groups in total. The number of carbonyl (C=O) groups is 5. The summed E-state index contributed by atoms with van der Waals surface area (Å²) >= 11 is 0. The first-order chi connectivity index (χ1) is 18.2. The number of aliphatic hydroxyl groups is 2. The zero-order valence-electron chi connectivity index (χ0n) is 21.9. The van der Waals surface area contributed by atoms with Gasteiger partial charge in [-0.15, -0.1) is 0 Å². The molecule has 0 aromatic heterocycles. The number of nitrogens with zero attached hydrogens (tertiary/aromatic N) is 1. The van der Waals surface area contributed by atoms with Gasteiger partial charge < -0.3 is 21.1 Å². The van der Waals surface area contributed by atoms with Gasteiger partial charge in [0.2, 0.25) is 5.91 Å². The molecule has 204 valence electrons. The summed E-state index contributed by atoms with van der Waals surface area (Å²) in [6.07, 6.45) is -1.65. The van der Waals surface area contributed by atoms with Crippen LogP contribution in [0.3, 0.4) is 0 Å². The highest BCUT2D eigenvalue weighted by Gasteiger charge is 2.72. The highest BCUT2D eigenvalue weighted by molar-refractivity contribution is 6.32. The molecule has 10 nitrogen and oxygen atoms in total. The number of aromatic hydroxyl groups is 1. The molecule has 2 aromatic carbocycles. The second kappa shape index (κ2) is 8.90. The molecular formula is C29H30N2O8. The molecule has 0 heterocycles. The average Bonchev–Trinajstić information content (AvgIpc) is 2.86. The number of ketones is 4. The number of primary amides is 1. The molecule has 2 saturated carbocycles. The van der Waals surface area contributed by atoms with Gasteiger partial charge in [-0.25, -0.2) is 0 Å². The van der Waals surface area contributed by atoms with Crippen LogP contribution in [0.2, 0.25) is 0 Å². The number of phenols is 1. The van der Waals surface area contributed by atoms with Gasteiger partial charge in [-0.2, -0.15) is 0 Å². The Morgan fingerprint density at radius 1 is 1.00 bits per heavy atom. The van der Waals surface area contributed by atoms with Gasteiger partial charge in [0, 0.05) is 11.5 Å².